The molecule has 2 atom stereocenters. The second-order valence-electron chi connectivity index (χ2n) is 9.97. The van der Waals surface area contributed by atoms with E-state index in [9.17, 15) is 20.2 Å². The van der Waals surface area contributed by atoms with Crippen LogP contribution in [0, 0.1) is 20.2 Å². The molecule has 0 saturated heterocycles. The minimum Gasteiger partial charge on any atom is -0.291 e. The van der Waals surface area contributed by atoms with E-state index in [1.807, 2.05) is 48.5 Å². The van der Waals surface area contributed by atoms with Gasteiger partial charge in [0.15, 0.2) is 0 Å². The van der Waals surface area contributed by atoms with E-state index in [0.717, 1.165) is 22.3 Å². The smallest absolute Gasteiger partial charge is 0.269 e. The van der Waals surface area contributed by atoms with Crippen LogP contribution in [0.2, 0.25) is 0 Å². The Balaban J connectivity index is 1.62. The van der Waals surface area contributed by atoms with Crippen molar-refractivity contribution in [2.24, 2.45) is 0 Å². The Morgan fingerprint density at radius 3 is 1.30 bits per heavy atom. The lowest BCUT2D eigenvalue weighted by atomic mass is 10.0. The van der Waals surface area contributed by atoms with Crippen LogP contribution < -0.4 is 0 Å². The number of rotatable bonds is 13. The summed E-state index contributed by atoms with van der Waals surface area (Å²) >= 11 is 0. The van der Waals surface area contributed by atoms with Crippen LogP contribution in [-0.4, -0.2) is 32.7 Å². The van der Waals surface area contributed by atoms with E-state index in [-0.39, 0.29) is 33.3 Å². The van der Waals surface area contributed by atoms with Gasteiger partial charge < -0.3 is 0 Å². The summed E-state index contributed by atoms with van der Waals surface area (Å²) in [4.78, 5) is 26.7. The molecule has 0 bridgehead atoms. The third-order valence-corrected chi connectivity index (χ3v) is 7.35. The first-order chi connectivity index (χ1) is 19.3. The number of non-ortho nitro benzene ring substituents is 2. The monoisotopic (exact) mass is 538 g/mol. The summed E-state index contributed by atoms with van der Waals surface area (Å²) in [5, 5.41) is 22.8. The molecule has 0 aliphatic heterocycles. The molecule has 0 aliphatic carbocycles. The van der Waals surface area contributed by atoms with E-state index < -0.39 is 0 Å². The number of benzene rings is 4. The first-order valence-corrected chi connectivity index (χ1v) is 13.4. The van der Waals surface area contributed by atoms with Gasteiger partial charge in [-0.15, -0.1) is 0 Å². The van der Waals surface area contributed by atoms with Crippen molar-refractivity contribution in [1.29, 1.82) is 0 Å². The summed E-state index contributed by atoms with van der Waals surface area (Å²) < 4.78 is 0. The van der Waals surface area contributed by atoms with Gasteiger partial charge >= 0.3 is 0 Å². The van der Waals surface area contributed by atoms with Gasteiger partial charge in [-0.2, -0.15) is 0 Å². The van der Waals surface area contributed by atoms with Crippen LogP contribution in [0.3, 0.4) is 0 Å². The highest BCUT2D eigenvalue weighted by Crippen LogP contribution is 2.27. The molecule has 0 aromatic heterocycles. The van der Waals surface area contributed by atoms with Gasteiger partial charge in [0.1, 0.15) is 0 Å². The molecule has 4 rings (SSSR count). The topological polar surface area (TPSA) is 92.8 Å². The molecule has 4 aromatic rings. The second-order valence-corrected chi connectivity index (χ2v) is 9.97. The van der Waals surface area contributed by atoms with Crippen molar-refractivity contribution in [2.75, 3.05) is 13.1 Å². The van der Waals surface area contributed by atoms with Crippen LogP contribution in [-0.2, 0) is 13.1 Å². The zero-order valence-electron chi connectivity index (χ0n) is 22.8. The Labute approximate surface area is 234 Å². The van der Waals surface area contributed by atoms with Crippen molar-refractivity contribution in [3.63, 3.8) is 0 Å². The Kier molecular flexibility index (Phi) is 9.72. The molecule has 0 heterocycles. The van der Waals surface area contributed by atoms with Crippen LogP contribution in [0.25, 0.3) is 0 Å². The minimum absolute atomic E-state index is 0.0622. The van der Waals surface area contributed by atoms with Crippen molar-refractivity contribution in [3.8, 4) is 0 Å². The van der Waals surface area contributed by atoms with Gasteiger partial charge in [-0.3, -0.25) is 30.0 Å². The number of nitro benzene ring substituents is 2. The lowest BCUT2D eigenvalue weighted by molar-refractivity contribution is -0.385. The van der Waals surface area contributed by atoms with Crippen molar-refractivity contribution in [1.82, 2.24) is 9.80 Å². The average Bonchev–Trinajstić information content (AvgIpc) is 2.99. The fourth-order valence-electron chi connectivity index (χ4n) is 4.97. The fraction of sp³-hybridized carbons (Fsp3) is 0.250. The van der Waals surface area contributed by atoms with Crippen LogP contribution in [0.15, 0.2) is 109 Å². The number of hydrogen-bond acceptors (Lipinski definition) is 6. The first-order valence-electron chi connectivity index (χ1n) is 13.4. The Morgan fingerprint density at radius 1 is 0.575 bits per heavy atom. The summed E-state index contributed by atoms with van der Waals surface area (Å²) in [5.41, 5.74) is 4.23. The third-order valence-electron chi connectivity index (χ3n) is 7.35. The molecule has 0 saturated carbocycles. The molecule has 8 nitrogen and oxygen atoms in total. The largest absolute Gasteiger partial charge is 0.291 e. The molecule has 40 heavy (non-hydrogen) atoms. The van der Waals surface area contributed by atoms with Gasteiger partial charge in [0.05, 0.1) is 9.85 Å². The van der Waals surface area contributed by atoms with Crippen molar-refractivity contribution in [2.45, 2.75) is 39.0 Å². The molecule has 0 amide bonds. The molecule has 4 aromatic carbocycles. The van der Waals surface area contributed by atoms with Crippen LogP contribution in [0.5, 0.6) is 0 Å². The highest BCUT2D eigenvalue weighted by atomic mass is 16.6. The fourth-order valence-corrected chi connectivity index (χ4v) is 4.97. The Morgan fingerprint density at radius 2 is 0.950 bits per heavy atom. The molecular weight excluding hydrogens is 504 g/mol. The number of nitrogens with zero attached hydrogens (tertiary/aromatic N) is 4. The van der Waals surface area contributed by atoms with E-state index >= 15 is 0 Å². The van der Waals surface area contributed by atoms with Gasteiger partial charge in [-0.1, -0.05) is 84.9 Å². The lowest BCUT2D eigenvalue weighted by Crippen LogP contribution is -2.37. The highest BCUT2D eigenvalue weighted by Gasteiger charge is 2.22. The van der Waals surface area contributed by atoms with Gasteiger partial charge in [-0.05, 0) is 36.1 Å². The van der Waals surface area contributed by atoms with E-state index in [0.29, 0.717) is 26.2 Å². The predicted molar refractivity (Wildman–Crippen MR) is 157 cm³/mol. The summed E-state index contributed by atoms with van der Waals surface area (Å²) in [5.74, 6) is 0. The normalized spacial score (nSPS) is 12.8. The highest BCUT2D eigenvalue weighted by molar-refractivity contribution is 5.35. The molecule has 0 radical (unpaired) electrons. The van der Waals surface area contributed by atoms with Gasteiger partial charge in [-0.25, -0.2) is 0 Å². The molecule has 0 spiro atoms. The van der Waals surface area contributed by atoms with Crippen molar-refractivity contribution in [3.05, 3.63) is 152 Å². The first kappa shape index (κ1) is 28.6. The summed E-state index contributed by atoms with van der Waals surface area (Å²) in [6.45, 7) is 6.76. The maximum atomic E-state index is 11.4. The van der Waals surface area contributed by atoms with Crippen molar-refractivity contribution >= 4 is 11.4 Å². The zero-order chi connectivity index (χ0) is 28.5. The third kappa shape index (κ3) is 7.59. The van der Waals surface area contributed by atoms with E-state index in [1.165, 1.54) is 12.1 Å². The SMILES string of the molecule is C[C@@H](c1ccccc1)N(CCN(Cc1cccc([N+](=O)[O-])c1)[C@@H](C)c1ccccc1)Cc1cccc([N+](=O)[O-])c1. The molecule has 0 aliphatic rings. The standard InChI is InChI=1S/C32H34N4O4/c1-25(29-13-5-3-6-14-29)33(23-27-11-9-17-31(21-27)35(37)38)19-20-34(26(2)30-15-7-4-8-16-30)24-28-12-10-18-32(22-28)36(39)40/h3-18,21-22,25-26H,19-20,23-24H2,1-2H3/t25-,26-/m0/s1. The molecule has 0 N–H and O–H groups in total. The van der Waals surface area contributed by atoms with E-state index in [2.05, 4.69) is 47.9 Å². The van der Waals surface area contributed by atoms with Crippen LogP contribution >= 0.6 is 0 Å². The second kappa shape index (κ2) is 13.6. The number of nitro groups is 2. The maximum absolute atomic E-state index is 11.4. The maximum Gasteiger partial charge on any atom is 0.269 e. The van der Waals surface area contributed by atoms with Crippen LogP contribution in [0.1, 0.15) is 48.2 Å². The van der Waals surface area contributed by atoms with Crippen molar-refractivity contribution < 1.29 is 9.85 Å². The van der Waals surface area contributed by atoms with Gasteiger partial charge in [0, 0.05) is 62.5 Å². The van der Waals surface area contributed by atoms with E-state index in [4.69, 9.17) is 0 Å². The molecule has 8 heteroatoms. The summed E-state index contributed by atoms with van der Waals surface area (Å²) in [6.07, 6.45) is 0. The summed E-state index contributed by atoms with van der Waals surface area (Å²) in [6, 6.07) is 34.1. The molecule has 0 fully saturated rings. The Hall–Kier alpha value is -4.40. The predicted octanol–water partition coefficient (Wildman–Crippen LogP) is 7.33. The molecule has 206 valence electrons. The average molecular weight is 539 g/mol. The zero-order valence-corrected chi connectivity index (χ0v) is 22.8. The van der Waals surface area contributed by atoms with Crippen LogP contribution in [0.4, 0.5) is 11.4 Å². The lowest BCUT2D eigenvalue weighted by Gasteiger charge is -2.35. The quantitative estimate of drug-likeness (QED) is 0.131. The van der Waals surface area contributed by atoms with Gasteiger partial charge in [0.25, 0.3) is 11.4 Å². The Bertz CT molecular complexity index is 1310. The van der Waals surface area contributed by atoms with Gasteiger partial charge in [0.2, 0.25) is 0 Å². The molecule has 0 unspecified atom stereocenters. The number of hydrogen-bond donors (Lipinski definition) is 0. The molecular formula is C32H34N4O4. The minimum atomic E-state index is -0.364. The van der Waals surface area contributed by atoms with E-state index in [1.54, 1.807) is 24.3 Å². The summed E-state index contributed by atoms with van der Waals surface area (Å²) in [7, 11) is 0.